The Bertz CT molecular complexity index is 841. The van der Waals surface area contributed by atoms with E-state index < -0.39 is 0 Å². The van der Waals surface area contributed by atoms with E-state index in [1.165, 1.54) is 0 Å². The van der Waals surface area contributed by atoms with Crippen molar-refractivity contribution in [1.29, 1.82) is 0 Å². The summed E-state index contributed by atoms with van der Waals surface area (Å²) in [5.41, 5.74) is 1.72. The summed E-state index contributed by atoms with van der Waals surface area (Å²) in [7, 11) is 1.58. The Balaban J connectivity index is 1.94. The third-order valence-electron chi connectivity index (χ3n) is 3.58. The number of methoxy groups -OCH3 is 1. The molecule has 0 fully saturated rings. The zero-order valence-corrected chi connectivity index (χ0v) is 17.9. The van der Waals surface area contributed by atoms with Gasteiger partial charge < -0.3 is 15.4 Å². The van der Waals surface area contributed by atoms with E-state index in [0.29, 0.717) is 29.1 Å². The van der Waals surface area contributed by atoms with E-state index >= 15 is 0 Å². The Morgan fingerprint density at radius 3 is 2.33 bits per heavy atom. The van der Waals surface area contributed by atoms with Gasteiger partial charge in [0, 0.05) is 23.4 Å². The minimum Gasteiger partial charge on any atom is -0.496 e. The van der Waals surface area contributed by atoms with Crippen LogP contribution in [0.4, 0.5) is 5.69 Å². The summed E-state index contributed by atoms with van der Waals surface area (Å²) in [5, 5.41) is 8.55. The highest BCUT2D eigenvalue weighted by Crippen LogP contribution is 2.21. The quantitative estimate of drug-likeness (QED) is 0.420. The summed E-state index contributed by atoms with van der Waals surface area (Å²) in [6.07, 6.45) is 0.882. The van der Waals surface area contributed by atoms with Crippen molar-refractivity contribution in [3.05, 3.63) is 57.2 Å². The summed E-state index contributed by atoms with van der Waals surface area (Å²) >= 11 is 7.29. The first-order valence-corrected chi connectivity index (χ1v) is 9.77. The highest BCUT2D eigenvalue weighted by atomic mass is 127. The van der Waals surface area contributed by atoms with Gasteiger partial charge in [-0.2, -0.15) is 0 Å². The van der Waals surface area contributed by atoms with Gasteiger partial charge in [0.25, 0.3) is 11.8 Å². The van der Waals surface area contributed by atoms with Gasteiger partial charge in [0.15, 0.2) is 5.11 Å². The first kappa shape index (κ1) is 21.1. The smallest absolute Gasteiger partial charge is 0.257 e. The van der Waals surface area contributed by atoms with Crippen LogP contribution in [0.15, 0.2) is 42.5 Å². The number of anilines is 1. The predicted octanol–water partition coefficient (Wildman–Crippen LogP) is 3.57. The maximum absolute atomic E-state index is 12.3. The molecular weight excluding hydrogens is 477 g/mol. The molecule has 0 heterocycles. The fourth-order valence-corrected chi connectivity index (χ4v) is 3.14. The topological polar surface area (TPSA) is 79.5 Å². The molecule has 2 aromatic carbocycles. The third kappa shape index (κ3) is 6.17. The molecule has 0 radical (unpaired) electrons. The predicted molar refractivity (Wildman–Crippen MR) is 118 cm³/mol. The number of ether oxygens (including phenoxy) is 1. The van der Waals surface area contributed by atoms with Gasteiger partial charge in [-0.25, -0.2) is 0 Å². The number of halogens is 1. The second-order valence-electron chi connectivity index (χ2n) is 5.59. The van der Waals surface area contributed by atoms with Crippen LogP contribution in [-0.4, -0.2) is 30.6 Å². The molecule has 0 atom stereocenters. The molecule has 2 rings (SSSR count). The first-order valence-electron chi connectivity index (χ1n) is 8.28. The highest BCUT2D eigenvalue weighted by Gasteiger charge is 2.11. The molecule has 0 spiro atoms. The van der Waals surface area contributed by atoms with Crippen molar-refractivity contribution in [1.82, 2.24) is 10.6 Å². The van der Waals surface area contributed by atoms with Gasteiger partial charge in [0.05, 0.1) is 10.7 Å². The average molecular weight is 497 g/mol. The monoisotopic (exact) mass is 497 g/mol. The fraction of sp³-hybridized carbons (Fsp3) is 0.211. The maximum Gasteiger partial charge on any atom is 0.257 e. The number of benzene rings is 2. The van der Waals surface area contributed by atoms with Crippen LogP contribution in [0, 0.1) is 3.57 Å². The molecule has 2 amide bonds. The van der Waals surface area contributed by atoms with Crippen LogP contribution in [-0.2, 0) is 0 Å². The van der Waals surface area contributed by atoms with Crippen LogP contribution in [0.1, 0.15) is 34.1 Å². The standard InChI is InChI=1S/C19H20IN3O3S/c1-3-10-21-17(24)12-4-7-14(8-5-12)22-19(27)23-18(25)13-6-9-16(26-2)15(20)11-13/h4-9,11H,3,10H2,1-2H3,(H,21,24)(H2,22,23,25,27). The maximum atomic E-state index is 12.3. The van der Waals surface area contributed by atoms with E-state index in [4.69, 9.17) is 17.0 Å². The van der Waals surface area contributed by atoms with Gasteiger partial charge in [-0.3, -0.25) is 14.9 Å². The minimum absolute atomic E-state index is 0.117. The Labute approximate surface area is 177 Å². The molecule has 27 heavy (non-hydrogen) atoms. The van der Waals surface area contributed by atoms with Crippen LogP contribution >= 0.6 is 34.8 Å². The number of thiocarbonyl (C=S) groups is 1. The summed E-state index contributed by atoms with van der Waals surface area (Å²) in [6.45, 7) is 2.63. The molecule has 0 aliphatic carbocycles. The second kappa shape index (κ2) is 10.2. The lowest BCUT2D eigenvalue weighted by Gasteiger charge is -2.11. The first-order chi connectivity index (χ1) is 12.9. The van der Waals surface area contributed by atoms with Crippen molar-refractivity contribution < 1.29 is 14.3 Å². The molecular formula is C19H20IN3O3S. The third-order valence-corrected chi connectivity index (χ3v) is 4.63. The van der Waals surface area contributed by atoms with Crippen LogP contribution in [0.2, 0.25) is 0 Å². The van der Waals surface area contributed by atoms with E-state index in [1.807, 2.05) is 6.92 Å². The van der Waals surface area contributed by atoms with Gasteiger partial charge >= 0.3 is 0 Å². The van der Waals surface area contributed by atoms with Gasteiger partial charge in [-0.05, 0) is 83.7 Å². The number of hydrogen-bond acceptors (Lipinski definition) is 4. The Kier molecular flexibility index (Phi) is 7.99. The average Bonchev–Trinajstić information content (AvgIpc) is 2.66. The van der Waals surface area contributed by atoms with Gasteiger partial charge in [-0.1, -0.05) is 6.92 Å². The molecule has 8 heteroatoms. The summed E-state index contributed by atoms with van der Waals surface area (Å²) in [5.74, 6) is 0.271. The Hall–Kier alpha value is -2.20. The van der Waals surface area contributed by atoms with Crippen molar-refractivity contribution in [2.45, 2.75) is 13.3 Å². The van der Waals surface area contributed by atoms with E-state index in [0.717, 1.165) is 9.99 Å². The number of carbonyl (C=O) groups is 2. The Morgan fingerprint density at radius 1 is 1.07 bits per heavy atom. The Morgan fingerprint density at radius 2 is 1.74 bits per heavy atom. The molecule has 0 aliphatic heterocycles. The number of amides is 2. The lowest BCUT2D eigenvalue weighted by atomic mass is 10.2. The second-order valence-corrected chi connectivity index (χ2v) is 7.16. The number of carbonyl (C=O) groups excluding carboxylic acids is 2. The molecule has 6 nitrogen and oxygen atoms in total. The van der Waals surface area contributed by atoms with Crippen LogP contribution in [0.5, 0.6) is 5.75 Å². The summed E-state index contributed by atoms with van der Waals surface area (Å²) < 4.78 is 6.01. The highest BCUT2D eigenvalue weighted by molar-refractivity contribution is 14.1. The minimum atomic E-state index is -0.316. The normalized spacial score (nSPS) is 10.0. The molecule has 142 valence electrons. The van der Waals surface area contributed by atoms with Crippen LogP contribution in [0.25, 0.3) is 0 Å². The zero-order valence-electron chi connectivity index (χ0n) is 15.0. The molecule has 0 saturated carbocycles. The van der Waals surface area contributed by atoms with Crippen molar-refractivity contribution in [3.63, 3.8) is 0 Å². The van der Waals surface area contributed by atoms with Gasteiger partial charge in [0.2, 0.25) is 0 Å². The summed E-state index contributed by atoms with van der Waals surface area (Å²) in [4.78, 5) is 24.2. The molecule has 0 saturated heterocycles. The van der Waals surface area contributed by atoms with Crippen LogP contribution in [0.3, 0.4) is 0 Å². The van der Waals surface area contributed by atoms with E-state index in [2.05, 4.69) is 38.5 Å². The fourth-order valence-electron chi connectivity index (χ4n) is 2.19. The van der Waals surface area contributed by atoms with E-state index in [-0.39, 0.29) is 16.9 Å². The lowest BCUT2D eigenvalue weighted by molar-refractivity contribution is 0.0951. The SMILES string of the molecule is CCCNC(=O)c1ccc(NC(=S)NC(=O)c2ccc(OC)c(I)c2)cc1. The van der Waals surface area contributed by atoms with Crippen molar-refractivity contribution in [2.75, 3.05) is 19.0 Å². The van der Waals surface area contributed by atoms with Gasteiger partial charge in [0.1, 0.15) is 5.75 Å². The van der Waals surface area contributed by atoms with Crippen LogP contribution < -0.4 is 20.7 Å². The zero-order chi connectivity index (χ0) is 19.8. The lowest BCUT2D eigenvalue weighted by Crippen LogP contribution is -2.34. The van der Waals surface area contributed by atoms with Crippen molar-refractivity contribution >= 4 is 57.4 Å². The molecule has 0 bridgehead atoms. The van der Waals surface area contributed by atoms with Crippen molar-refractivity contribution in [2.24, 2.45) is 0 Å². The summed E-state index contributed by atoms with van der Waals surface area (Å²) in [6, 6.07) is 12.0. The molecule has 0 aromatic heterocycles. The number of hydrogen-bond donors (Lipinski definition) is 3. The number of nitrogens with one attached hydrogen (secondary N) is 3. The molecule has 0 unspecified atom stereocenters. The number of rotatable bonds is 6. The van der Waals surface area contributed by atoms with E-state index in [9.17, 15) is 9.59 Å². The van der Waals surface area contributed by atoms with Crippen molar-refractivity contribution in [3.8, 4) is 5.75 Å². The largest absolute Gasteiger partial charge is 0.496 e. The van der Waals surface area contributed by atoms with Gasteiger partial charge in [-0.15, -0.1) is 0 Å². The van der Waals surface area contributed by atoms with E-state index in [1.54, 1.807) is 49.6 Å². The molecule has 3 N–H and O–H groups in total. The molecule has 0 aliphatic rings. The molecule has 2 aromatic rings.